The van der Waals surface area contributed by atoms with Crippen LogP contribution in [0, 0.1) is 0 Å². The van der Waals surface area contributed by atoms with E-state index in [0.717, 1.165) is 12.1 Å². The first-order valence-electron chi connectivity index (χ1n) is 5.14. The molecule has 0 saturated carbocycles. The highest BCUT2D eigenvalue weighted by molar-refractivity contribution is 5.34. The van der Waals surface area contributed by atoms with E-state index in [0.29, 0.717) is 11.5 Å². The standard InChI is InChI=1S/C8H10N4O.C2H6/c1-2-6-4-12-7(3-9-6)10-11-8(12)5-13;1-2/h3-4,13H,2,5H2,1H3;1-2H3. The maximum absolute atomic E-state index is 8.94. The summed E-state index contributed by atoms with van der Waals surface area (Å²) >= 11 is 0. The molecule has 0 saturated heterocycles. The van der Waals surface area contributed by atoms with Gasteiger partial charge >= 0.3 is 0 Å². The van der Waals surface area contributed by atoms with E-state index in [9.17, 15) is 0 Å². The molecule has 1 N–H and O–H groups in total. The SMILES string of the molecule is CC.CCc1cn2c(CO)nnc2cn1. The molecule has 2 aromatic heterocycles. The summed E-state index contributed by atoms with van der Waals surface area (Å²) in [5, 5.41) is 16.6. The first kappa shape index (κ1) is 11.6. The fraction of sp³-hybridized carbons (Fsp3) is 0.500. The van der Waals surface area contributed by atoms with E-state index in [1.54, 1.807) is 10.6 Å². The fourth-order valence-corrected chi connectivity index (χ4v) is 1.18. The molecule has 0 aliphatic heterocycles. The topological polar surface area (TPSA) is 63.3 Å². The Kier molecular flexibility index (Phi) is 4.17. The predicted octanol–water partition coefficient (Wildman–Crippen LogP) is 1.21. The van der Waals surface area contributed by atoms with Crippen molar-refractivity contribution in [2.45, 2.75) is 33.8 Å². The van der Waals surface area contributed by atoms with Gasteiger partial charge in [-0.1, -0.05) is 20.8 Å². The lowest BCUT2D eigenvalue weighted by molar-refractivity contribution is 0.270. The lowest BCUT2D eigenvalue weighted by atomic mass is 10.3. The summed E-state index contributed by atoms with van der Waals surface area (Å²) in [4.78, 5) is 4.17. The third kappa shape index (κ3) is 2.30. The van der Waals surface area contributed by atoms with Gasteiger partial charge in [0.05, 0.1) is 11.9 Å². The number of aliphatic hydroxyl groups is 1. The molecular weight excluding hydrogens is 192 g/mol. The van der Waals surface area contributed by atoms with E-state index >= 15 is 0 Å². The number of nitrogens with zero attached hydrogens (tertiary/aromatic N) is 4. The smallest absolute Gasteiger partial charge is 0.179 e. The Balaban J connectivity index is 0.000000531. The normalized spacial score (nSPS) is 9.87. The second-order valence-electron chi connectivity index (χ2n) is 2.73. The zero-order valence-electron chi connectivity index (χ0n) is 9.30. The summed E-state index contributed by atoms with van der Waals surface area (Å²) in [5.41, 5.74) is 1.63. The summed E-state index contributed by atoms with van der Waals surface area (Å²) in [5.74, 6) is 0.548. The Morgan fingerprint density at radius 2 is 2.07 bits per heavy atom. The monoisotopic (exact) mass is 208 g/mol. The Morgan fingerprint density at radius 1 is 1.33 bits per heavy atom. The van der Waals surface area contributed by atoms with Crippen molar-refractivity contribution in [3.05, 3.63) is 23.9 Å². The van der Waals surface area contributed by atoms with Gasteiger partial charge in [0.2, 0.25) is 0 Å². The molecule has 0 aliphatic rings. The average molecular weight is 208 g/mol. The maximum atomic E-state index is 8.94. The van der Waals surface area contributed by atoms with Crippen LogP contribution < -0.4 is 0 Å². The molecule has 15 heavy (non-hydrogen) atoms. The third-order valence-corrected chi connectivity index (χ3v) is 1.92. The molecule has 0 radical (unpaired) electrons. The molecule has 5 nitrogen and oxygen atoms in total. The molecule has 2 heterocycles. The van der Waals surface area contributed by atoms with Crippen LogP contribution in [0.5, 0.6) is 0 Å². The van der Waals surface area contributed by atoms with Gasteiger partial charge in [0, 0.05) is 6.20 Å². The van der Waals surface area contributed by atoms with Gasteiger partial charge in [-0.05, 0) is 6.42 Å². The first-order chi connectivity index (χ1) is 7.35. The average Bonchev–Trinajstić information content (AvgIpc) is 2.73. The number of hydrogen-bond donors (Lipinski definition) is 1. The summed E-state index contributed by atoms with van der Waals surface area (Å²) in [6.07, 6.45) is 4.37. The van der Waals surface area contributed by atoms with Gasteiger partial charge in [-0.25, -0.2) is 0 Å². The largest absolute Gasteiger partial charge is 0.388 e. The van der Waals surface area contributed by atoms with Crippen molar-refractivity contribution >= 4 is 5.65 Å². The first-order valence-corrected chi connectivity index (χ1v) is 5.14. The minimum absolute atomic E-state index is 0.103. The second-order valence-corrected chi connectivity index (χ2v) is 2.73. The highest BCUT2D eigenvalue weighted by Gasteiger charge is 2.04. The number of aromatic nitrogens is 4. The second kappa shape index (κ2) is 5.41. The molecule has 0 spiro atoms. The number of rotatable bonds is 2. The molecule has 0 bridgehead atoms. The number of hydrogen-bond acceptors (Lipinski definition) is 4. The van der Waals surface area contributed by atoms with E-state index < -0.39 is 0 Å². The van der Waals surface area contributed by atoms with Crippen molar-refractivity contribution in [1.82, 2.24) is 19.6 Å². The van der Waals surface area contributed by atoms with Crippen LogP contribution in [0.3, 0.4) is 0 Å². The quantitative estimate of drug-likeness (QED) is 0.805. The third-order valence-electron chi connectivity index (χ3n) is 1.92. The molecule has 82 valence electrons. The van der Waals surface area contributed by atoms with E-state index in [1.807, 2.05) is 27.0 Å². The molecule has 2 rings (SSSR count). The van der Waals surface area contributed by atoms with Crippen molar-refractivity contribution in [1.29, 1.82) is 0 Å². The summed E-state index contributed by atoms with van der Waals surface area (Å²) in [7, 11) is 0. The zero-order valence-corrected chi connectivity index (χ0v) is 9.30. The highest BCUT2D eigenvalue weighted by Crippen LogP contribution is 2.04. The number of aliphatic hydroxyl groups excluding tert-OH is 1. The summed E-state index contributed by atoms with van der Waals surface area (Å²) in [6, 6.07) is 0. The van der Waals surface area contributed by atoms with Crippen LogP contribution in [0.15, 0.2) is 12.4 Å². The predicted molar refractivity (Wildman–Crippen MR) is 57.4 cm³/mol. The maximum Gasteiger partial charge on any atom is 0.179 e. The van der Waals surface area contributed by atoms with Crippen LogP contribution in [-0.2, 0) is 13.0 Å². The van der Waals surface area contributed by atoms with Gasteiger partial charge in [-0.2, -0.15) is 0 Å². The van der Waals surface area contributed by atoms with Gasteiger partial charge < -0.3 is 5.11 Å². The highest BCUT2D eigenvalue weighted by atomic mass is 16.3. The Hall–Kier alpha value is -1.49. The van der Waals surface area contributed by atoms with Gasteiger partial charge in [0.15, 0.2) is 11.5 Å². The molecule has 0 amide bonds. The van der Waals surface area contributed by atoms with Crippen molar-refractivity contribution < 1.29 is 5.11 Å². The van der Waals surface area contributed by atoms with Crippen LogP contribution in [0.2, 0.25) is 0 Å². The van der Waals surface area contributed by atoms with Crippen molar-refractivity contribution in [3.8, 4) is 0 Å². The molecule has 0 aromatic carbocycles. The minimum atomic E-state index is -0.103. The van der Waals surface area contributed by atoms with Crippen molar-refractivity contribution in [2.75, 3.05) is 0 Å². The van der Waals surface area contributed by atoms with Crippen LogP contribution in [0.1, 0.15) is 32.3 Å². The fourth-order valence-electron chi connectivity index (χ4n) is 1.18. The molecule has 5 heteroatoms. The van der Waals surface area contributed by atoms with E-state index in [1.165, 1.54) is 0 Å². The van der Waals surface area contributed by atoms with Crippen LogP contribution in [-0.4, -0.2) is 24.7 Å². The summed E-state index contributed by atoms with van der Waals surface area (Å²) < 4.78 is 1.76. The molecular formula is C10H16N4O. The van der Waals surface area contributed by atoms with Gasteiger partial charge in [0.25, 0.3) is 0 Å². The molecule has 0 unspecified atom stereocenters. The molecule has 2 aromatic rings. The number of fused-ring (bicyclic) bond motifs is 1. The van der Waals surface area contributed by atoms with Gasteiger partial charge in [0.1, 0.15) is 6.61 Å². The lowest BCUT2D eigenvalue weighted by Crippen LogP contribution is -1.97. The van der Waals surface area contributed by atoms with Crippen LogP contribution in [0.4, 0.5) is 0 Å². The van der Waals surface area contributed by atoms with E-state index in [4.69, 9.17) is 5.11 Å². The zero-order chi connectivity index (χ0) is 11.3. The Bertz CT molecular complexity index is 424. The Labute approximate surface area is 88.8 Å². The summed E-state index contributed by atoms with van der Waals surface area (Å²) in [6.45, 7) is 5.92. The Morgan fingerprint density at radius 3 is 2.67 bits per heavy atom. The van der Waals surface area contributed by atoms with Gasteiger partial charge in [-0.15, -0.1) is 10.2 Å². The lowest BCUT2D eigenvalue weighted by Gasteiger charge is -1.98. The number of aryl methyl sites for hydroxylation is 1. The van der Waals surface area contributed by atoms with Gasteiger partial charge in [-0.3, -0.25) is 9.38 Å². The molecule has 0 fully saturated rings. The van der Waals surface area contributed by atoms with Crippen LogP contribution in [0.25, 0.3) is 5.65 Å². The molecule has 0 atom stereocenters. The van der Waals surface area contributed by atoms with E-state index in [-0.39, 0.29) is 6.61 Å². The van der Waals surface area contributed by atoms with E-state index in [2.05, 4.69) is 15.2 Å². The van der Waals surface area contributed by atoms with Crippen molar-refractivity contribution in [3.63, 3.8) is 0 Å². The molecule has 0 aliphatic carbocycles. The van der Waals surface area contributed by atoms with Crippen molar-refractivity contribution in [2.24, 2.45) is 0 Å². The minimum Gasteiger partial charge on any atom is -0.388 e. The van der Waals surface area contributed by atoms with Crippen LogP contribution >= 0.6 is 0 Å².